The van der Waals surface area contributed by atoms with E-state index in [2.05, 4.69) is 5.32 Å². The van der Waals surface area contributed by atoms with Crippen LogP contribution in [0.1, 0.15) is 18.4 Å². The lowest BCUT2D eigenvalue weighted by molar-refractivity contribution is -0.120. The molecule has 1 aliphatic rings. The molecule has 1 saturated heterocycles. The summed E-state index contributed by atoms with van der Waals surface area (Å²) in [6.45, 7) is 0.538. The Hall–Kier alpha value is -1.91. The molecule has 1 fully saturated rings. The third-order valence-electron chi connectivity index (χ3n) is 5.63. The first kappa shape index (κ1) is 23.3. The summed E-state index contributed by atoms with van der Waals surface area (Å²) in [5.41, 5.74) is 1.93. The number of nitrogens with one attached hydrogen (secondary N) is 1. The molecule has 0 atom stereocenters. The molecule has 170 valence electrons. The molecule has 1 amide bonds. The Morgan fingerprint density at radius 1 is 1.16 bits per heavy atom. The number of hydrogen-bond donors (Lipinski definition) is 1. The maximum Gasteiger partial charge on any atom is 0.307 e. The van der Waals surface area contributed by atoms with E-state index >= 15 is 0 Å². The van der Waals surface area contributed by atoms with Gasteiger partial charge in [0.15, 0.2) is 0 Å². The summed E-state index contributed by atoms with van der Waals surface area (Å²) in [6, 6.07) is 10.1. The van der Waals surface area contributed by atoms with Gasteiger partial charge in [0.25, 0.3) is 0 Å². The highest BCUT2D eigenvalue weighted by Gasteiger charge is 2.31. The number of hydrogen-bond acceptors (Lipinski definition) is 5. The van der Waals surface area contributed by atoms with E-state index in [0.29, 0.717) is 34.1 Å². The first-order chi connectivity index (χ1) is 15.1. The Morgan fingerprint density at radius 3 is 2.56 bits per heavy atom. The number of rotatable bonds is 5. The number of halogens is 2. The second-order valence-electron chi connectivity index (χ2n) is 7.76. The molecular weight excluding hydrogens is 493 g/mol. The summed E-state index contributed by atoms with van der Waals surface area (Å²) in [6.07, 6.45) is 0.862. The molecular formula is C21H21Cl2N3O4S2. The van der Waals surface area contributed by atoms with Gasteiger partial charge < -0.3 is 9.88 Å². The van der Waals surface area contributed by atoms with E-state index in [-0.39, 0.29) is 35.5 Å². The molecule has 1 aromatic heterocycles. The SMILES string of the molecule is Cn1c(=O)sc2cc(NC(=O)C3CCN(S(=O)(=O)Cc4ccc(Cl)cc4Cl)CC3)ccc21. The number of thiazole rings is 1. The molecule has 0 aliphatic carbocycles. The largest absolute Gasteiger partial charge is 0.326 e. The molecule has 0 spiro atoms. The molecule has 1 N–H and O–H groups in total. The van der Waals surface area contributed by atoms with Crippen LogP contribution >= 0.6 is 34.5 Å². The van der Waals surface area contributed by atoms with Gasteiger partial charge in [-0.05, 0) is 48.7 Å². The zero-order valence-corrected chi connectivity index (χ0v) is 20.3. The van der Waals surface area contributed by atoms with Crippen molar-refractivity contribution >= 4 is 66.4 Å². The summed E-state index contributed by atoms with van der Waals surface area (Å²) >= 11 is 13.1. The van der Waals surface area contributed by atoms with Crippen LogP contribution in [0.2, 0.25) is 10.0 Å². The van der Waals surface area contributed by atoms with Gasteiger partial charge in [-0.3, -0.25) is 9.59 Å². The van der Waals surface area contributed by atoms with Crippen molar-refractivity contribution < 1.29 is 13.2 Å². The van der Waals surface area contributed by atoms with Crippen LogP contribution in [0, 0.1) is 5.92 Å². The van der Waals surface area contributed by atoms with Gasteiger partial charge in [0.2, 0.25) is 15.9 Å². The third kappa shape index (κ3) is 4.87. The van der Waals surface area contributed by atoms with Crippen molar-refractivity contribution in [3.8, 4) is 0 Å². The van der Waals surface area contributed by atoms with Crippen molar-refractivity contribution in [2.45, 2.75) is 18.6 Å². The van der Waals surface area contributed by atoms with Crippen molar-refractivity contribution in [2.24, 2.45) is 13.0 Å². The summed E-state index contributed by atoms with van der Waals surface area (Å²) in [7, 11) is -1.85. The minimum atomic E-state index is -3.56. The fourth-order valence-corrected chi connectivity index (χ4v) is 6.85. The molecule has 2 heterocycles. The number of aryl methyl sites for hydroxylation is 1. The van der Waals surface area contributed by atoms with E-state index in [1.54, 1.807) is 41.9 Å². The highest BCUT2D eigenvalue weighted by Crippen LogP contribution is 2.27. The minimum absolute atomic E-state index is 0.0584. The molecule has 11 heteroatoms. The molecule has 32 heavy (non-hydrogen) atoms. The Labute approximate surface area is 199 Å². The molecule has 0 bridgehead atoms. The molecule has 3 aromatic rings. The Kier molecular flexibility index (Phi) is 6.65. The van der Waals surface area contributed by atoms with Crippen LogP contribution in [0.3, 0.4) is 0 Å². The van der Waals surface area contributed by atoms with Gasteiger partial charge >= 0.3 is 4.87 Å². The van der Waals surface area contributed by atoms with E-state index in [4.69, 9.17) is 23.2 Å². The quantitative estimate of drug-likeness (QED) is 0.556. The van der Waals surface area contributed by atoms with E-state index < -0.39 is 10.0 Å². The maximum absolute atomic E-state index is 12.8. The Morgan fingerprint density at radius 2 is 1.88 bits per heavy atom. The van der Waals surface area contributed by atoms with E-state index in [9.17, 15) is 18.0 Å². The Bertz CT molecular complexity index is 1340. The molecule has 0 radical (unpaired) electrons. The normalized spacial score (nSPS) is 15.8. The number of carbonyl (C=O) groups is 1. The number of aromatic nitrogens is 1. The van der Waals surface area contributed by atoms with Crippen LogP contribution in [0.4, 0.5) is 5.69 Å². The fraction of sp³-hybridized carbons (Fsp3) is 0.333. The van der Waals surface area contributed by atoms with Crippen LogP contribution in [-0.4, -0.2) is 36.3 Å². The van der Waals surface area contributed by atoms with E-state index in [1.807, 2.05) is 0 Å². The number of anilines is 1. The van der Waals surface area contributed by atoms with Gasteiger partial charge in [-0.25, -0.2) is 12.7 Å². The summed E-state index contributed by atoms with van der Waals surface area (Å²) in [5.74, 6) is -0.643. The number of amides is 1. The zero-order chi connectivity index (χ0) is 23.0. The smallest absolute Gasteiger partial charge is 0.307 e. The molecule has 0 unspecified atom stereocenters. The number of benzene rings is 2. The predicted octanol–water partition coefficient (Wildman–Crippen LogP) is 4.09. The molecule has 0 saturated carbocycles. The molecule has 2 aromatic carbocycles. The number of carbonyl (C=O) groups excluding carboxylic acids is 1. The number of sulfonamides is 1. The second-order valence-corrected chi connectivity index (χ2v) is 11.6. The van der Waals surface area contributed by atoms with Crippen LogP contribution in [0.5, 0.6) is 0 Å². The van der Waals surface area contributed by atoms with Crippen LogP contribution in [-0.2, 0) is 27.6 Å². The molecule has 1 aliphatic heterocycles. The van der Waals surface area contributed by atoms with Crippen molar-refractivity contribution in [3.05, 3.63) is 61.7 Å². The first-order valence-corrected chi connectivity index (χ1v) is 13.1. The first-order valence-electron chi connectivity index (χ1n) is 9.96. The number of nitrogens with zero attached hydrogens (tertiary/aromatic N) is 2. The van der Waals surface area contributed by atoms with Crippen LogP contribution in [0.25, 0.3) is 10.2 Å². The summed E-state index contributed by atoms with van der Waals surface area (Å²) in [4.78, 5) is 24.5. The van der Waals surface area contributed by atoms with Crippen molar-refractivity contribution in [2.75, 3.05) is 18.4 Å². The highest BCUT2D eigenvalue weighted by atomic mass is 35.5. The van der Waals surface area contributed by atoms with Crippen molar-refractivity contribution in [1.82, 2.24) is 8.87 Å². The number of piperidine rings is 1. The lowest BCUT2D eigenvalue weighted by Gasteiger charge is -2.30. The van der Waals surface area contributed by atoms with E-state index in [0.717, 1.165) is 21.6 Å². The maximum atomic E-state index is 12.8. The third-order valence-corrected chi connectivity index (χ3v) is 9.04. The van der Waals surface area contributed by atoms with Gasteiger partial charge in [0.05, 0.1) is 16.0 Å². The van der Waals surface area contributed by atoms with Gasteiger partial charge in [0, 0.05) is 41.8 Å². The van der Waals surface area contributed by atoms with Gasteiger partial charge in [-0.1, -0.05) is 40.6 Å². The standard InChI is InChI=1S/C21H21Cl2N3O4S2/c1-25-18-5-4-16(11-19(18)31-21(25)28)24-20(27)13-6-8-26(9-7-13)32(29,30)12-14-2-3-15(22)10-17(14)23/h2-5,10-11,13H,6-9,12H2,1H3,(H,24,27). The number of fused-ring (bicyclic) bond motifs is 1. The van der Waals surface area contributed by atoms with E-state index in [1.165, 1.54) is 10.4 Å². The monoisotopic (exact) mass is 513 g/mol. The van der Waals surface area contributed by atoms with Crippen molar-refractivity contribution in [1.29, 1.82) is 0 Å². The second kappa shape index (κ2) is 9.15. The lowest BCUT2D eigenvalue weighted by atomic mass is 9.97. The zero-order valence-electron chi connectivity index (χ0n) is 17.2. The minimum Gasteiger partial charge on any atom is -0.326 e. The average molecular weight is 514 g/mol. The molecule has 7 nitrogen and oxygen atoms in total. The fourth-order valence-electron chi connectivity index (χ4n) is 3.78. The summed E-state index contributed by atoms with van der Waals surface area (Å²) < 4.78 is 29.4. The highest BCUT2D eigenvalue weighted by molar-refractivity contribution is 7.88. The summed E-state index contributed by atoms with van der Waals surface area (Å²) in [5, 5.41) is 3.66. The average Bonchev–Trinajstić information content (AvgIpc) is 3.03. The van der Waals surface area contributed by atoms with Crippen LogP contribution in [0.15, 0.2) is 41.2 Å². The lowest BCUT2D eigenvalue weighted by Crippen LogP contribution is -2.41. The van der Waals surface area contributed by atoms with Crippen molar-refractivity contribution in [3.63, 3.8) is 0 Å². The van der Waals surface area contributed by atoms with Crippen LogP contribution < -0.4 is 10.2 Å². The van der Waals surface area contributed by atoms with Gasteiger partial charge in [-0.15, -0.1) is 0 Å². The van der Waals surface area contributed by atoms with Gasteiger partial charge in [0.1, 0.15) is 0 Å². The molecule has 4 rings (SSSR count). The predicted molar refractivity (Wildman–Crippen MR) is 129 cm³/mol. The van der Waals surface area contributed by atoms with Gasteiger partial charge in [-0.2, -0.15) is 0 Å². The Balaban J connectivity index is 1.37. The topological polar surface area (TPSA) is 88.5 Å².